The molecule has 0 unspecified atom stereocenters. The Bertz CT molecular complexity index is 357. The zero-order chi connectivity index (χ0) is 11.6. The summed E-state index contributed by atoms with van der Waals surface area (Å²) in [5.74, 6) is 0. The van der Waals surface area contributed by atoms with Gasteiger partial charge in [-0.2, -0.15) is 0 Å². The lowest BCUT2D eigenvalue weighted by Gasteiger charge is -2.19. The molecule has 0 aliphatic carbocycles. The SMILES string of the molecule is CC[C@H](O)[C@H](N)c1cc(Cl)cc(Cl)c1Cl. The average molecular weight is 269 g/mol. The first kappa shape index (κ1) is 13.1. The average Bonchev–Trinajstić information content (AvgIpc) is 2.21. The molecule has 15 heavy (non-hydrogen) atoms. The van der Waals surface area contributed by atoms with E-state index in [1.54, 1.807) is 12.1 Å². The zero-order valence-corrected chi connectivity index (χ0v) is 10.4. The van der Waals surface area contributed by atoms with Gasteiger partial charge >= 0.3 is 0 Å². The van der Waals surface area contributed by atoms with Gasteiger partial charge in [0.15, 0.2) is 0 Å². The van der Waals surface area contributed by atoms with E-state index in [2.05, 4.69) is 0 Å². The summed E-state index contributed by atoms with van der Waals surface area (Å²) in [5, 5.41) is 10.8. The smallest absolute Gasteiger partial charge is 0.0730 e. The molecule has 0 aromatic heterocycles. The molecule has 1 aromatic rings. The number of halogens is 3. The highest BCUT2D eigenvalue weighted by atomic mass is 35.5. The summed E-state index contributed by atoms with van der Waals surface area (Å²) in [6, 6.07) is 2.60. The molecule has 2 atom stereocenters. The summed E-state index contributed by atoms with van der Waals surface area (Å²) < 4.78 is 0. The van der Waals surface area contributed by atoms with Gasteiger partial charge in [-0.15, -0.1) is 0 Å². The first-order valence-electron chi connectivity index (χ1n) is 4.55. The van der Waals surface area contributed by atoms with Gasteiger partial charge in [0.05, 0.1) is 22.2 Å². The monoisotopic (exact) mass is 267 g/mol. The minimum Gasteiger partial charge on any atom is -0.391 e. The molecule has 5 heteroatoms. The topological polar surface area (TPSA) is 46.2 Å². The maximum absolute atomic E-state index is 9.62. The van der Waals surface area contributed by atoms with Crippen molar-refractivity contribution in [3.8, 4) is 0 Å². The van der Waals surface area contributed by atoms with Gasteiger partial charge in [-0.25, -0.2) is 0 Å². The predicted octanol–water partition coefficient (Wildman–Crippen LogP) is 3.42. The van der Waals surface area contributed by atoms with Crippen molar-refractivity contribution in [1.29, 1.82) is 0 Å². The molecule has 3 N–H and O–H groups in total. The highest BCUT2D eigenvalue weighted by molar-refractivity contribution is 6.43. The number of aliphatic hydroxyl groups is 1. The first-order chi connectivity index (χ1) is 6.97. The molecular formula is C10H12Cl3NO. The van der Waals surface area contributed by atoms with Gasteiger partial charge in [0, 0.05) is 5.02 Å². The van der Waals surface area contributed by atoms with Crippen LogP contribution in [0.1, 0.15) is 24.9 Å². The van der Waals surface area contributed by atoms with Crippen molar-refractivity contribution in [3.05, 3.63) is 32.8 Å². The molecule has 0 fully saturated rings. The van der Waals surface area contributed by atoms with Crippen molar-refractivity contribution in [1.82, 2.24) is 0 Å². The third-order valence-electron chi connectivity index (χ3n) is 2.21. The normalized spacial score (nSPS) is 15.1. The third-order valence-corrected chi connectivity index (χ3v) is 3.25. The third kappa shape index (κ3) is 2.99. The number of benzene rings is 1. The van der Waals surface area contributed by atoms with E-state index in [4.69, 9.17) is 40.5 Å². The fourth-order valence-electron chi connectivity index (χ4n) is 1.28. The van der Waals surface area contributed by atoms with Crippen LogP contribution in [0.4, 0.5) is 0 Å². The Kier molecular flexibility index (Phi) is 4.68. The van der Waals surface area contributed by atoms with Crippen LogP contribution in [0.2, 0.25) is 15.1 Å². The molecule has 0 heterocycles. The van der Waals surface area contributed by atoms with E-state index >= 15 is 0 Å². The Morgan fingerprint density at radius 1 is 1.33 bits per heavy atom. The van der Waals surface area contributed by atoms with Gasteiger partial charge in [0.25, 0.3) is 0 Å². The first-order valence-corrected chi connectivity index (χ1v) is 5.68. The molecule has 0 aliphatic heterocycles. The molecule has 0 saturated heterocycles. The van der Waals surface area contributed by atoms with Crippen LogP contribution in [0.15, 0.2) is 12.1 Å². The molecule has 1 rings (SSSR count). The summed E-state index contributed by atoms with van der Waals surface area (Å²) >= 11 is 17.7. The summed E-state index contributed by atoms with van der Waals surface area (Å²) in [5.41, 5.74) is 6.41. The van der Waals surface area contributed by atoms with Crippen molar-refractivity contribution in [2.45, 2.75) is 25.5 Å². The van der Waals surface area contributed by atoms with Crippen molar-refractivity contribution >= 4 is 34.8 Å². The van der Waals surface area contributed by atoms with Crippen LogP contribution in [0, 0.1) is 0 Å². The van der Waals surface area contributed by atoms with Crippen LogP contribution in [-0.2, 0) is 0 Å². The molecule has 1 aromatic carbocycles. The van der Waals surface area contributed by atoms with Crippen LogP contribution in [0.3, 0.4) is 0 Å². The van der Waals surface area contributed by atoms with Crippen LogP contribution < -0.4 is 5.73 Å². The Labute approximate surface area is 104 Å². The molecule has 0 saturated carbocycles. The number of hydrogen-bond donors (Lipinski definition) is 2. The van der Waals surface area contributed by atoms with E-state index in [0.717, 1.165) is 0 Å². The second-order valence-corrected chi connectivity index (χ2v) is 4.51. The molecule has 0 aliphatic rings. The lowest BCUT2D eigenvalue weighted by atomic mass is 10.0. The fourth-order valence-corrected chi connectivity index (χ4v) is 2.02. The Balaban J connectivity index is 3.13. The van der Waals surface area contributed by atoms with Crippen molar-refractivity contribution in [3.63, 3.8) is 0 Å². The summed E-state index contributed by atoms with van der Waals surface area (Å²) in [6.07, 6.45) is -0.112. The van der Waals surface area contributed by atoms with Gasteiger partial charge in [0.1, 0.15) is 0 Å². The lowest BCUT2D eigenvalue weighted by Crippen LogP contribution is -2.25. The minimum atomic E-state index is -0.656. The van der Waals surface area contributed by atoms with Crippen molar-refractivity contribution in [2.75, 3.05) is 0 Å². The van der Waals surface area contributed by atoms with Crippen LogP contribution in [0.25, 0.3) is 0 Å². The molecule has 0 bridgehead atoms. The molecular weight excluding hydrogens is 256 g/mol. The van der Waals surface area contributed by atoms with Gasteiger partial charge < -0.3 is 10.8 Å². The van der Waals surface area contributed by atoms with Crippen LogP contribution >= 0.6 is 34.8 Å². The number of hydrogen-bond acceptors (Lipinski definition) is 2. The quantitative estimate of drug-likeness (QED) is 0.825. The number of aliphatic hydroxyl groups excluding tert-OH is 1. The molecule has 84 valence electrons. The summed E-state index contributed by atoms with van der Waals surface area (Å²) in [6.45, 7) is 1.84. The Morgan fingerprint density at radius 3 is 2.47 bits per heavy atom. The fraction of sp³-hybridized carbons (Fsp3) is 0.400. The minimum absolute atomic E-state index is 0.345. The van der Waals surface area contributed by atoms with Crippen molar-refractivity contribution in [2.24, 2.45) is 5.73 Å². The maximum Gasteiger partial charge on any atom is 0.0730 e. The predicted molar refractivity (Wildman–Crippen MR) is 64.7 cm³/mol. The van der Waals surface area contributed by atoms with Gasteiger partial charge in [0.2, 0.25) is 0 Å². The van der Waals surface area contributed by atoms with Gasteiger partial charge in [-0.1, -0.05) is 41.7 Å². The van der Waals surface area contributed by atoms with E-state index in [1.165, 1.54) is 0 Å². The van der Waals surface area contributed by atoms with E-state index in [1.807, 2.05) is 6.92 Å². The highest BCUT2D eigenvalue weighted by Crippen LogP contribution is 2.33. The van der Waals surface area contributed by atoms with Crippen molar-refractivity contribution < 1.29 is 5.11 Å². The Hall–Kier alpha value is 0.01000. The van der Waals surface area contributed by atoms with E-state index in [0.29, 0.717) is 27.1 Å². The summed E-state index contributed by atoms with van der Waals surface area (Å²) in [4.78, 5) is 0. The highest BCUT2D eigenvalue weighted by Gasteiger charge is 2.19. The molecule has 0 spiro atoms. The lowest BCUT2D eigenvalue weighted by molar-refractivity contribution is 0.141. The molecule has 0 radical (unpaired) electrons. The number of rotatable bonds is 3. The van der Waals surface area contributed by atoms with E-state index in [-0.39, 0.29) is 0 Å². The largest absolute Gasteiger partial charge is 0.391 e. The second kappa shape index (κ2) is 5.37. The standard InChI is InChI=1S/C10H12Cl3NO/c1-2-8(15)10(14)6-3-5(11)4-7(12)9(6)13/h3-4,8,10,15H,2,14H2,1H3/t8-,10+/m0/s1. The summed E-state index contributed by atoms with van der Waals surface area (Å²) in [7, 11) is 0. The number of nitrogens with two attached hydrogens (primary N) is 1. The van der Waals surface area contributed by atoms with Gasteiger partial charge in [-0.3, -0.25) is 0 Å². The van der Waals surface area contributed by atoms with Gasteiger partial charge in [-0.05, 0) is 24.1 Å². The zero-order valence-electron chi connectivity index (χ0n) is 8.17. The Morgan fingerprint density at radius 2 is 1.93 bits per heavy atom. The molecule has 2 nitrogen and oxygen atoms in total. The van der Waals surface area contributed by atoms with Crippen LogP contribution in [-0.4, -0.2) is 11.2 Å². The van der Waals surface area contributed by atoms with E-state index < -0.39 is 12.1 Å². The van der Waals surface area contributed by atoms with Crippen LogP contribution in [0.5, 0.6) is 0 Å². The second-order valence-electron chi connectivity index (χ2n) is 3.29. The molecule has 0 amide bonds. The van der Waals surface area contributed by atoms with E-state index in [9.17, 15) is 5.11 Å². The maximum atomic E-state index is 9.62.